The van der Waals surface area contributed by atoms with E-state index in [2.05, 4.69) is 100 Å². The summed E-state index contributed by atoms with van der Waals surface area (Å²) in [6.07, 6.45) is 2.16. The summed E-state index contributed by atoms with van der Waals surface area (Å²) in [7, 11) is 0. The normalized spacial score (nSPS) is 15.0. The van der Waals surface area contributed by atoms with E-state index in [-0.39, 0.29) is 102 Å². The van der Waals surface area contributed by atoms with Gasteiger partial charge in [-0.05, 0) is 142 Å². The highest BCUT2D eigenvalue weighted by atomic mass is 32.2. The smallest absolute Gasteiger partial charge is 0.326 e. The molecule has 0 aliphatic carbocycles. The summed E-state index contributed by atoms with van der Waals surface area (Å²) in [5.41, 5.74) is 8.19. The number of benzene rings is 3. The number of hydrogen-bond donors (Lipinski definition) is 24. The van der Waals surface area contributed by atoms with Crippen molar-refractivity contribution in [2.45, 2.75) is 297 Å². The maximum atomic E-state index is 15.1. The number of aromatic hydroxyl groups is 1. The molecule has 0 saturated carbocycles. The van der Waals surface area contributed by atoms with E-state index in [0.717, 1.165) is 10.9 Å². The van der Waals surface area contributed by atoms with Gasteiger partial charge >= 0.3 is 23.9 Å². The molecular weight excluding hydrogens is 1880 g/mol. The van der Waals surface area contributed by atoms with E-state index in [9.17, 15) is 117 Å². The number of phenolic OH excluding ortho intramolecular Hbond substituents is 1. The fourth-order valence-electron chi connectivity index (χ4n) is 15.1. The molecule has 2 aromatic heterocycles. The number of aromatic amines is 2. The minimum Gasteiger partial charge on any atom is -0.508 e. The van der Waals surface area contributed by atoms with Crippen LogP contribution in [0.15, 0.2) is 97.6 Å². The SMILES string of the molecule is C.CC[C@H](C)[C@H](NC(=O)[C@H](CC(=O)O)NC(=O)[C@H](CC(C)C)NC(=O)[C@H](Cc1cnc[nH]1)NC(=O)[C@H](C)NC(=O)[C@H](Cc1ccccc1)NC(=O)[C@H](Cc1ccc(O)cc1)NC(=O)[C@@H](NC(=O)[C@H](C)NC(=O)[C@H](CCC(=O)O)NC(=O)[C@H](CCCCN)NC(=O)[C@H](CC(=O)O)NC(=O)[C@H](CCSC)NC(=O)[C@H](CC(C)C)NC(C)=O)C(C)C)C(=O)N[C@H](C(=O)N[C@@H](Cc1c[nH]c2ccccc12)C(=O)O)[C@@H](C)CC. The maximum Gasteiger partial charge on any atom is 0.326 e. The second-order valence-electron chi connectivity index (χ2n) is 36.5. The molecule has 46 heteroatoms. The number of aromatic nitrogens is 3. The van der Waals surface area contributed by atoms with Crippen LogP contribution in [0, 0.1) is 29.6 Å². The largest absolute Gasteiger partial charge is 0.508 e. The Hall–Kier alpha value is -14.1. The third-order valence-electron chi connectivity index (χ3n) is 23.5. The van der Waals surface area contributed by atoms with Gasteiger partial charge in [0, 0.05) is 68.0 Å². The summed E-state index contributed by atoms with van der Waals surface area (Å²) >= 11 is 1.30. The molecule has 16 amide bonds. The summed E-state index contributed by atoms with van der Waals surface area (Å²) in [6.45, 7) is 20.5. The number of nitrogens with two attached hydrogens (primary N) is 1. The number of rotatable bonds is 63. The third-order valence-corrected chi connectivity index (χ3v) is 24.1. The van der Waals surface area contributed by atoms with E-state index in [0.29, 0.717) is 28.9 Å². The number of hydrogen-bond acceptors (Lipinski definition) is 24. The van der Waals surface area contributed by atoms with Crippen molar-refractivity contribution in [2.75, 3.05) is 18.6 Å². The van der Waals surface area contributed by atoms with Crippen LogP contribution < -0.4 is 90.8 Å². The number of nitrogens with zero attached hydrogens (tertiary/aromatic N) is 1. The second kappa shape index (κ2) is 60.9. The number of carbonyl (C=O) groups excluding carboxylic acids is 16. The summed E-state index contributed by atoms with van der Waals surface area (Å²) in [5.74, 6) is -24.2. The number of thioether (sulfide) groups is 1. The van der Waals surface area contributed by atoms with Crippen LogP contribution in [0.3, 0.4) is 0 Å². The number of fused-ring (bicyclic) bond motifs is 1. The average molecular weight is 2020 g/mol. The number of H-pyrrole nitrogens is 2. The van der Waals surface area contributed by atoms with Crippen LogP contribution in [-0.4, -0.2) is 274 Å². The number of aliphatic carboxylic acids is 4. The zero-order chi connectivity index (χ0) is 106. The summed E-state index contributed by atoms with van der Waals surface area (Å²) in [4.78, 5) is 288. The van der Waals surface area contributed by atoms with E-state index >= 15 is 4.79 Å². The Bertz CT molecular complexity index is 5120. The summed E-state index contributed by atoms with van der Waals surface area (Å²) in [6, 6.07) is -4.20. The van der Waals surface area contributed by atoms with Gasteiger partial charge in [0.1, 0.15) is 102 Å². The standard InChI is InChI=1S/C96H140N20O25S.CH4/c1-15-52(9)79(94(138)113-74(96(140)141)42-59-46-99-63-27-21-20-26-62(59)63)116-95(139)80(53(10)16-2)115-92(136)73(45-77(123)124)111-88(132)68(39-50(5)6)108-90(134)71(43-60-47-98-48-100-60)107-81(125)54(11)102-86(130)69(40-57-24-18-17-19-25-57)109-89(133)70(41-58-29-31-61(118)32-30-58)112-93(137)78(51(7)8)114-82(126)55(12)101-83(127)65(33-34-75(119)120)105-84(128)64(28-22-23-36-97)104-91(135)72(44-76(121)122)110-85(129)66(35-37-142-14)106-87(131)67(38-49(3)4)103-56(13)117;/h17-21,24-27,29-32,46-55,64-74,78-80,99,118H,15-16,22-23,28,33-45,97H2,1-14H3,(H,98,100)(H,101,127)(H,102,130)(H,103,117)(H,104,135)(H,105,128)(H,106,131)(H,107,125)(H,108,134)(H,109,133)(H,110,129)(H,111,132)(H,112,137)(H,113,138)(H,114,126)(H,115,136)(H,116,139)(H,119,120)(H,121,122)(H,123,124)(H,140,141);1H4/t52-,53-,54-,55-,64-,65-,66-,67-,68-,69-,70-,71-,72-,73-,74-,78-,79-,80-;/m0./s1. The highest BCUT2D eigenvalue weighted by molar-refractivity contribution is 7.98. The maximum absolute atomic E-state index is 15.1. The predicted molar refractivity (Wildman–Crippen MR) is 528 cm³/mol. The molecule has 0 aliphatic rings. The van der Waals surface area contributed by atoms with Gasteiger partial charge in [-0.25, -0.2) is 9.78 Å². The number of para-hydroxylation sites is 1. The zero-order valence-electron chi connectivity index (χ0n) is 82.4. The Kier molecular flexibility index (Phi) is 51.6. The zero-order valence-corrected chi connectivity index (χ0v) is 83.2. The molecule has 0 aliphatic heterocycles. The first-order valence-corrected chi connectivity index (χ1v) is 48.7. The molecule has 18 atom stereocenters. The summed E-state index contributed by atoms with van der Waals surface area (Å²) in [5, 5.41) is 91.9. The van der Waals surface area contributed by atoms with E-state index in [1.165, 1.54) is 83.2 Å². The van der Waals surface area contributed by atoms with Crippen molar-refractivity contribution in [3.63, 3.8) is 0 Å². The minimum absolute atomic E-state index is 0. The molecule has 0 spiro atoms. The lowest BCUT2D eigenvalue weighted by atomic mass is 9.94. The molecule has 0 bridgehead atoms. The number of carbonyl (C=O) groups is 20. The molecule has 0 fully saturated rings. The molecule has 0 radical (unpaired) electrons. The van der Waals surface area contributed by atoms with Gasteiger partial charge in [-0.1, -0.05) is 150 Å². The number of unbranched alkanes of at least 4 members (excludes halogenated alkanes) is 1. The topological polar surface area (TPSA) is 706 Å². The first kappa shape index (κ1) is 121. The number of nitrogens with one attached hydrogen (secondary N) is 18. The highest BCUT2D eigenvalue weighted by Gasteiger charge is 2.42. The molecule has 5 rings (SSSR count). The Morgan fingerprint density at radius 3 is 1.27 bits per heavy atom. The number of amides is 16. The van der Waals surface area contributed by atoms with E-state index in [1.807, 2.05) is 0 Å². The quantitative estimate of drug-likeness (QED) is 0.0241. The minimum atomic E-state index is -1.92. The second-order valence-corrected chi connectivity index (χ2v) is 37.5. The lowest BCUT2D eigenvalue weighted by molar-refractivity contribution is -0.143. The van der Waals surface area contributed by atoms with Crippen LogP contribution in [0.4, 0.5) is 0 Å². The van der Waals surface area contributed by atoms with Crippen molar-refractivity contribution in [1.29, 1.82) is 0 Å². The Balaban J connectivity index is 0.0000426. The van der Waals surface area contributed by atoms with E-state index in [1.54, 1.807) is 122 Å². The van der Waals surface area contributed by atoms with Crippen molar-refractivity contribution in [1.82, 2.24) is 100 Å². The van der Waals surface area contributed by atoms with E-state index < -0.39 is 264 Å². The first-order chi connectivity index (χ1) is 67.1. The number of carboxylic acids is 4. The van der Waals surface area contributed by atoms with E-state index in [4.69, 9.17) is 5.73 Å². The van der Waals surface area contributed by atoms with Gasteiger partial charge in [-0.2, -0.15) is 11.8 Å². The van der Waals surface area contributed by atoms with Crippen molar-refractivity contribution in [3.05, 3.63) is 120 Å². The van der Waals surface area contributed by atoms with Gasteiger partial charge in [0.2, 0.25) is 94.5 Å². The molecule has 45 nitrogen and oxygen atoms in total. The van der Waals surface area contributed by atoms with Crippen LogP contribution in [0.25, 0.3) is 10.9 Å². The predicted octanol–water partition coefficient (Wildman–Crippen LogP) is 0.941. The fourth-order valence-corrected chi connectivity index (χ4v) is 15.6. The van der Waals surface area contributed by atoms with Gasteiger partial charge in [0.15, 0.2) is 0 Å². The van der Waals surface area contributed by atoms with Gasteiger partial charge in [-0.15, -0.1) is 0 Å². The van der Waals surface area contributed by atoms with Crippen LogP contribution in [0.2, 0.25) is 0 Å². The molecule has 3 aromatic carbocycles. The third kappa shape index (κ3) is 41.6. The fraction of sp³-hybridized carbons (Fsp3) is 0.557. The van der Waals surface area contributed by atoms with Crippen LogP contribution in [-0.2, 0) is 122 Å². The Morgan fingerprint density at radius 2 is 0.783 bits per heavy atom. The number of imidazole rings is 1. The number of phenols is 1. The van der Waals surface area contributed by atoms with Crippen molar-refractivity contribution in [3.8, 4) is 5.75 Å². The van der Waals surface area contributed by atoms with Crippen LogP contribution >= 0.6 is 11.8 Å². The molecule has 0 unspecified atom stereocenters. The van der Waals surface area contributed by atoms with Crippen molar-refractivity contribution >= 4 is 141 Å². The molecule has 25 N–H and O–H groups in total. The molecule has 143 heavy (non-hydrogen) atoms. The lowest BCUT2D eigenvalue weighted by Gasteiger charge is -2.31. The summed E-state index contributed by atoms with van der Waals surface area (Å²) < 4.78 is 0. The average Bonchev–Trinajstić information content (AvgIpc) is 1.68. The molecule has 5 aromatic rings. The van der Waals surface area contributed by atoms with Gasteiger partial charge in [0.25, 0.3) is 0 Å². The molecule has 788 valence electrons. The molecule has 2 heterocycles. The van der Waals surface area contributed by atoms with Crippen LogP contribution in [0.1, 0.15) is 197 Å². The highest BCUT2D eigenvalue weighted by Crippen LogP contribution is 2.23. The molecular formula is C97H144N20O25S. The molecule has 0 saturated heterocycles. The van der Waals surface area contributed by atoms with Gasteiger partial charge in [-0.3, -0.25) is 91.1 Å². The van der Waals surface area contributed by atoms with Crippen molar-refractivity contribution in [2.24, 2.45) is 35.3 Å². The Morgan fingerprint density at radius 1 is 0.392 bits per heavy atom. The van der Waals surface area contributed by atoms with Crippen LogP contribution in [0.5, 0.6) is 5.75 Å². The number of carboxylic acid groups (broad SMARTS) is 4. The van der Waals surface area contributed by atoms with Crippen molar-refractivity contribution < 1.29 is 121 Å². The lowest BCUT2D eigenvalue weighted by Crippen LogP contribution is -2.62. The monoisotopic (exact) mass is 2020 g/mol. The van der Waals surface area contributed by atoms with Gasteiger partial charge < -0.3 is 126 Å². The first-order valence-electron chi connectivity index (χ1n) is 47.3. The Labute approximate surface area is 834 Å². The van der Waals surface area contributed by atoms with Gasteiger partial charge in [0.05, 0.1) is 19.2 Å².